The monoisotopic (exact) mass is 542 g/mol. The van der Waals surface area contributed by atoms with Crippen molar-refractivity contribution in [2.45, 2.75) is 33.7 Å². The van der Waals surface area contributed by atoms with Crippen LogP contribution in [0.5, 0.6) is 11.5 Å². The molecule has 200 valence electrons. The minimum Gasteiger partial charge on any atom is -0.490 e. The second-order valence-electron chi connectivity index (χ2n) is 8.94. The predicted octanol–water partition coefficient (Wildman–Crippen LogP) is 4.75. The molecule has 0 saturated carbocycles. The maximum absolute atomic E-state index is 14.0. The van der Waals surface area contributed by atoms with Crippen molar-refractivity contribution in [1.29, 1.82) is 0 Å². The van der Waals surface area contributed by atoms with Crippen LogP contribution in [-0.4, -0.2) is 30.4 Å². The summed E-state index contributed by atoms with van der Waals surface area (Å²) >= 11 is 1.31. The number of rotatable bonds is 8. The molecule has 0 spiro atoms. The lowest BCUT2D eigenvalue weighted by Gasteiger charge is -2.25. The SMILES string of the molecule is CCOC(=O)C1=C(C)N=c2s/c(=C\c3cccc4ccccc34)c(=O)n2[C@H]1c1ccc(OCC)c(OCC)c1. The molecular formula is C31H30N2O5S. The Hall–Kier alpha value is -4.17. The lowest BCUT2D eigenvalue weighted by Crippen LogP contribution is -2.40. The highest BCUT2D eigenvalue weighted by Crippen LogP contribution is 2.36. The van der Waals surface area contributed by atoms with E-state index >= 15 is 0 Å². The summed E-state index contributed by atoms with van der Waals surface area (Å²) in [7, 11) is 0. The van der Waals surface area contributed by atoms with Gasteiger partial charge in [-0.2, -0.15) is 0 Å². The van der Waals surface area contributed by atoms with E-state index in [1.165, 1.54) is 11.3 Å². The molecule has 1 aromatic heterocycles. The zero-order chi connectivity index (χ0) is 27.5. The van der Waals surface area contributed by atoms with Gasteiger partial charge in [-0.05, 0) is 67.8 Å². The number of carbonyl (C=O) groups is 1. The third-order valence-corrected chi connectivity index (χ3v) is 7.49. The molecule has 0 unspecified atom stereocenters. The number of hydrogen-bond donors (Lipinski definition) is 0. The molecule has 4 aromatic rings. The minimum absolute atomic E-state index is 0.210. The van der Waals surface area contributed by atoms with Crippen molar-refractivity contribution in [3.8, 4) is 11.5 Å². The number of aromatic nitrogens is 1. The number of ether oxygens (including phenoxy) is 3. The molecule has 0 amide bonds. The summed E-state index contributed by atoms with van der Waals surface area (Å²) in [6, 6.07) is 18.9. The van der Waals surface area contributed by atoms with E-state index in [4.69, 9.17) is 14.2 Å². The molecule has 2 heterocycles. The minimum atomic E-state index is -0.732. The first-order chi connectivity index (χ1) is 19.0. The fourth-order valence-corrected chi connectivity index (χ4v) is 5.90. The third-order valence-electron chi connectivity index (χ3n) is 6.51. The number of carbonyl (C=O) groups excluding carboxylic acids is 1. The summed E-state index contributed by atoms with van der Waals surface area (Å²) < 4.78 is 19.1. The first-order valence-electron chi connectivity index (χ1n) is 13.0. The van der Waals surface area contributed by atoms with Crippen LogP contribution in [0.15, 0.2) is 81.7 Å². The summed E-state index contributed by atoms with van der Waals surface area (Å²) in [5.74, 6) is 0.649. The van der Waals surface area contributed by atoms with Gasteiger partial charge in [0.2, 0.25) is 0 Å². The van der Waals surface area contributed by atoms with E-state index in [2.05, 4.69) is 4.99 Å². The summed E-state index contributed by atoms with van der Waals surface area (Å²) in [5, 5.41) is 2.15. The number of esters is 1. The Labute approximate surface area is 230 Å². The van der Waals surface area contributed by atoms with E-state index < -0.39 is 12.0 Å². The number of allylic oxidation sites excluding steroid dienone is 1. The molecule has 3 aromatic carbocycles. The van der Waals surface area contributed by atoms with E-state index in [0.29, 0.717) is 50.9 Å². The zero-order valence-electron chi connectivity index (χ0n) is 22.4. The average Bonchev–Trinajstić information content (AvgIpc) is 3.23. The van der Waals surface area contributed by atoms with Crippen LogP contribution in [0.4, 0.5) is 0 Å². The highest BCUT2D eigenvalue weighted by Gasteiger charge is 2.34. The van der Waals surface area contributed by atoms with Crippen molar-refractivity contribution in [3.63, 3.8) is 0 Å². The van der Waals surface area contributed by atoms with Gasteiger partial charge in [0.05, 0.1) is 41.7 Å². The Morgan fingerprint density at radius 3 is 2.49 bits per heavy atom. The fourth-order valence-electron chi connectivity index (χ4n) is 4.86. The molecule has 1 aliphatic rings. The second-order valence-corrected chi connectivity index (χ2v) is 9.95. The van der Waals surface area contributed by atoms with E-state index in [1.54, 1.807) is 18.4 Å². The van der Waals surface area contributed by atoms with Crippen molar-refractivity contribution in [2.24, 2.45) is 4.99 Å². The molecule has 1 aliphatic heterocycles. The van der Waals surface area contributed by atoms with Crippen LogP contribution in [0.1, 0.15) is 44.9 Å². The van der Waals surface area contributed by atoms with Crippen LogP contribution in [0.25, 0.3) is 16.8 Å². The third kappa shape index (κ3) is 5.00. The molecule has 0 bridgehead atoms. The van der Waals surface area contributed by atoms with E-state index in [1.807, 2.05) is 80.6 Å². The van der Waals surface area contributed by atoms with Gasteiger partial charge in [0, 0.05) is 0 Å². The average molecular weight is 543 g/mol. The quantitative estimate of drug-likeness (QED) is 0.300. The maximum Gasteiger partial charge on any atom is 0.338 e. The largest absolute Gasteiger partial charge is 0.490 e. The molecule has 7 nitrogen and oxygen atoms in total. The van der Waals surface area contributed by atoms with Gasteiger partial charge in [-0.3, -0.25) is 9.36 Å². The summed E-state index contributed by atoms with van der Waals surface area (Å²) in [6.07, 6.45) is 1.90. The summed E-state index contributed by atoms with van der Waals surface area (Å²) in [5.41, 5.74) is 2.27. The topological polar surface area (TPSA) is 79.1 Å². The van der Waals surface area contributed by atoms with E-state index in [9.17, 15) is 9.59 Å². The van der Waals surface area contributed by atoms with Crippen LogP contribution < -0.4 is 24.4 Å². The Morgan fingerprint density at radius 2 is 1.72 bits per heavy atom. The molecule has 0 radical (unpaired) electrons. The molecule has 39 heavy (non-hydrogen) atoms. The van der Waals surface area contributed by atoms with Crippen LogP contribution in [0, 0.1) is 0 Å². The zero-order valence-corrected chi connectivity index (χ0v) is 23.2. The second kappa shape index (κ2) is 11.3. The highest BCUT2D eigenvalue weighted by molar-refractivity contribution is 7.07. The molecule has 1 atom stereocenters. The van der Waals surface area contributed by atoms with E-state index in [-0.39, 0.29) is 12.2 Å². The first kappa shape index (κ1) is 26.4. The molecule has 8 heteroatoms. The van der Waals surface area contributed by atoms with Gasteiger partial charge < -0.3 is 14.2 Å². The van der Waals surface area contributed by atoms with E-state index in [0.717, 1.165) is 16.3 Å². The van der Waals surface area contributed by atoms with Gasteiger partial charge in [-0.1, -0.05) is 59.9 Å². The Bertz CT molecular complexity index is 1760. The Kier molecular flexibility index (Phi) is 7.65. The van der Waals surface area contributed by atoms with Crippen molar-refractivity contribution >= 4 is 34.2 Å². The highest BCUT2D eigenvalue weighted by atomic mass is 32.1. The van der Waals surface area contributed by atoms with Gasteiger partial charge in [-0.25, -0.2) is 9.79 Å². The van der Waals surface area contributed by atoms with Gasteiger partial charge in [-0.15, -0.1) is 0 Å². The summed E-state index contributed by atoms with van der Waals surface area (Å²) in [6.45, 7) is 8.47. The van der Waals surface area contributed by atoms with Gasteiger partial charge >= 0.3 is 5.97 Å². The smallest absolute Gasteiger partial charge is 0.338 e. The molecule has 0 fully saturated rings. The van der Waals surface area contributed by atoms with Crippen LogP contribution in [0.3, 0.4) is 0 Å². The number of fused-ring (bicyclic) bond motifs is 2. The number of benzene rings is 3. The lowest BCUT2D eigenvalue weighted by molar-refractivity contribution is -0.139. The molecule has 0 N–H and O–H groups in total. The van der Waals surface area contributed by atoms with Gasteiger partial charge in [0.15, 0.2) is 16.3 Å². The standard InChI is InChI=1S/C31H30N2O5S/c1-5-36-24-16-15-22(17-25(24)37-6-2)28-27(30(35)38-7-3)19(4)32-31-33(28)29(34)26(39-31)18-21-13-10-12-20-11-8-9-14-23(20)21/h8-18,28H,5-7H2,1-4H3/b26-18-/t28-/m0/s1. The van der Waals surface area contributed by atoms with Crippen molar-refractivity contribution < 1.29 is 19.0 Å². The predicted molar refractivity (Wildman–Crippen MR) is 153 cm³/mol. The first-order valence-corrected chi connectivity index (χ1v) is 13.8. The molecule has 0 aliphatic carbocycles. The van der Waals surface area contributed by atoms with Crippen molar-refractivity contribution in [1.82, 2.24) is 4.57 Å². The Morgan fingerprint density at radius 1 is 0.974 bits per heavy atom. The number of hydrogen-bond acceptors (Lipinski definition) is 7. The molecule has 5 rings (SSSR count). The fraction of sp³-hybridized carbons (Fsp3) is 0.258. The lowest BCUT2D eigenvalue weighted by atomic mass is 9.95. The van der Waals surface area contributed by atoms with Gasteiger partial charge in [0.25, 0.3) is 5.56 Å². The number of nitrogens with zero attached hydrogens (tertiary/aromatic N) is 2. The molecule has 0 saturated heterocycles. The van der Waals surface area contributed by atoms with Crippen LogP contribution >= 0.6 is 11.3 Å². The molecular weight excluding hydrogens is 512 g/mol. The van der Waals surface area contributed by atoms with Crippen LogP contribution in [-0.2, 0) is 9.53 Å². The Balaban J connectivity index is 1.74. The summed E-state index contributed by atoms with van der Waals surface area (Å²) in [4.78, 5) is 32.4. The number of thiazole rings is 1. The van der Waals surface area contributed by atoms with Crippen LogP contribution in [0.2, 0.25) is 0 Å². The maximum atomic E-state index is 14.0. The normalized spacial score (nSPS) is 15.2. The van der Waals surface area contributed by atoms with Crippen molar-refractivity contribution in [2.75, 3.05) is 19.8 Å². The van der Waals surface area contributed by atoms with Crippen molar-refractivity contribution in [3.05, 3.63) is 103 Å². The van der Waals surface area contributed by atoms with Gasteiger partial charge in [0.1, 0.15) is 0 Å².